The largest absolute Gasteiger partial charge is 0.573 e. The Balaban J connectivity index is 1.54. The van der Waals surface area contributed by atoms with Crippen molar-refractivity contribution in [1.82, 2.24) is 15.2 Å². The minimum Gasteiger partial charge on any atom is -0.421 e. The third-order valence-electron chi connectivity index (χ3n) is 5.17. The number of H-pyrrole nitrogens is 2. The van der Waals surface area contributed by atoms with Crippen LogP contribution in [0.2, 0.25) is 0 Å². The minimum absolute atomic E-state index is 0.123. The van der Waals surface area contributed by atoms with Crippen molar-refractivity contribution in [1.29, 1.82) is 0 Å². The van der Waals surface area contributed by atoms with Gasteiger partial charge in [-0.1, -0.05) is 30.3 Å². The highest BCUT2D eigenvalue weighted by atomic mass is 31.2. The molecule has 1 unspecified atom stereocenters. The number of ether oxygens (including phenoxy) is 1. The lowest BCUT2D eigenvalue weighted by atomic mass is 10.1. The molecule has 34 heavy (non-hydrogen) atoms. The number of rotatable bonds is 6. The maximum absolute atomic E-state index is 13.5. The molecule has 0 spiro atoms. The fourth-order valence-electron chi connectivity index (χ4n) is 3.67. The number of para-hydroxylation sites is 2. The molecule has 7 nitrogen and oxygen atoms in total. The predicted octanol–water partition coefficient (Wildman–Crippen LogP) is 6.15. The van der Waals surface area contributed by atoms with Crippen LogP contribution in [0, 0.1) is 0 Å². The summed E-state index contributed by atoms with van der Waals surface area (Å²) in [5, 5.41) is 8.62. The number of hydrogen-bond donors (Lipinski definition) is 2. The van der Waals surface area contributed by atoms with Crippen LogP contribution in [0.5, 0.6) is 11.5 Å². The molecule has 5 rings (SSSR count). The Hall–Kier alpha value is -3.75. The first-order chi connectivity index (χ1) is 16.3. The molecular weight excluding hydrogens is 470 g/mol. The molecule has 174 valence electrons. The van der Waals surface area contributed by atoms with Crippen LogP contribution in [-0.2, 0) is 9.09 Å². The van der Waals surface area contributed by atoms with Crippen molar-refractivity contribution >= 4 is 34.7 Å². The smallest absolute Gasteiger partial charge is 0.421 e. The van der Waals surface area contributed by atoms with Crippen LogP contribution in [0.15, 0.2) is 72.8 Å². The Morgan fingerprint density at radius 2 is 1.71 bits per heavy atom. The molecule has 2 aromatic heterocycles. The monoisotopic (exact) mass is 487 g/mol. The first kappa shape index (κ1) is 22.1. The van der Waals surface area contributed by atoms with Crippen LogP contribution in [0.3, 0.4) is 0 Å². The molecule has 0 saturated carbocycles. The molecule has 0 amide bonds. The average molecular weight is 487 g/mol. The summed E-state index contributed by atoms with van der Waals surface area (Å²) in [5.41, 5.74) is 2.98. The van der Waals surface area contributed by atoms with E-state index in [1.807, 2.05) is 30.3 Å². The molecule has 2 N–H and O–H groups in total. The van der Waals surface area contributed by atoms with Crippen LogP contribution in [0.1, 0.15) is 0 Å². The molecule has 0 saturated heterocycles. The molecule has 11 heteroatoms. The zero-order valence-electron chi connectivity index (χ0n) is 17.6. The molecule has 0 aliphatic carbocycles. The van der Waals surface area contributed by atoms with Gasteiger partial charge in [-0.2, -0.15) is 5.10 Å². The number of nitrogens with zero attached hydrogens (tertiary/aromatic N) is 1. The van der Waals surface area contributed by atoms with E-state index in [9.17, 15) is 17.7 Å². The summed E-state index contributed by atoms with van der Waals surface area (Å²) in [6.45, 7) is 0. The molecule has 2 heterocycles. The van der Waals surface area contributed by atoms with Crippen molar-refractivity contribution in [3.8, 4) is 22.9 Å². The van der Waals surface area contributed by atoms with Crippen molar-refractivity contribution in [2.45, 2.75) is 6.36 Å². The number of fused-ring (bicyclic) bond motifs is 2. The quantitative estimate of drug-likeness (QED) is 0.280. The Kier molecular flexibility index (Phi) is 5.34. The number of benzene rings is 3. The summed E-state index contributed by atoms with van der Waals surface area (Å²) in [6, 6.07) is 19.5. The number of halogens is 3. The SMILES string of the molecule is COP(=O)(Oc1ccc2[nH]nc(-c3cc4ccccc4[nH]3)c2c1)c1ccccc1OC(F)(F)F. The van der Waals surface area contributed by atoms with Crippen molar-refractivity contribution in [3.05, 3.63) is 72.8 Å². The van der Waals surface area contributed by atoms with E-state index in [2.05, 4.69) is 19.9 Å². The van der Waals surface area contributed by atoms with E-state index in [4.69, 9.17) is 9.05 Å². The highest BCUT2D eigenvalue weighted by Gasteiger charge is 2.37. The van der Waals surface area contributed by atoms with Crippen LogP contribution >= 0.6 is 7.60 Å². The van der Waals surface area contributed by atoms with Gasteiger partial charge in [0.1, 0.15) is 22.5 Å². The van der Waals surface area contributed by atoms with Crippen LogP contribution < -0.4 is 14.6 Å². The van der Waals surface area contributed by atoms with Crippen molar-refractivity contribution in [2.24, 2.45) is 0 Å². The lowest BCUT2D eigenvalue weighted by Crippen LogP contribution is -2.23. The summed E-state index contributed by atoms with van der Waals surface area (Å²) >= 11 is 0. The van der Waals surface area contributed by atoms with E-state index in [1.165, 1.54) is 24.3 Å². The van der Waals surface area contributed by atoms with Gasteiger partial charge < -0.3 is 14.2 Å². The van der Waals surface area contributed by atoms with Gasteiger partial charge in [0.2, 0.25) is 0 Å². The Labute approximate surface area is 191 Å². The number of nitrogens with one attached hydrogen (secondary N) is 2. The number of aromatic amines is 2. The van der Waals surface area contributed by atoms with Gasteiger partial charge in [0.25, 0.3) is 0 Å². The molecule has 0 bridgehead atoms. The molecular formula is C23H17F3N3O4P. The molecule has 0 radical (unpaired) electrons. The molecule has 0 fully saturated rings. The fourth-order valence-corrected chi connectivity index (χ4v) is 5.09. The summed E-state index contributed by atoms with van der Waals surface area (Å²) in [4.78, 5) is 3.30. The van der Waals surface area contributed by atoms with Crippen molar-refractivity contribution in [2.75, 3.05) is 7.11 Å². The van der Waals surface area contributed by atoms with Gasteiger partial charge in [-0.3, -0.25) is 9.62 Å². The highest BCUT2D eigenvalue weighted by Crippen LogP contribution is 2.49. The zero-order chi connectivity index (χ0) is 23.9. The van der Waals surface area contributed by atoms with E-state index in [0.717, 1.165) is 29.8 Å². The van der Waals surface area contributed by atoms with Gasteiger partial charge in [-0.15, -0.1) is 13.2 Å². The molecule has 5 aromatic rings. The standard InChI is InChI=1S/C23H17F3N3O4P/c1-31-34(30,21-9-5-4-8-20(21)32-23(24,25)26)33-15-10-11-18-16(13-15)22(29-28-18)19-12-14-6-2-3-7-17(14)27-19/h2-13,27H,1H3,(H,28,29). The second kappa shape index (κ2) is 8.23. The molecule has 0 aliphatic rings. The second-order valence-electron chi connectivity index (χ2n) is 7.34. The van der Waals surface area contributed by atoms with Gasteiger partial charge in [0, 0.05) is 23.4 Å². The van der Waals surface area contributed by atoms with Gasteiger partial charge >= 0.3 is 14.0 Å². The lowest BCUT2D eigenvalue weighted by Gasteiger charge is -2.20. The van der Waals surface area contributed by atoms with Gasteiger partial charge in [-0.25, -0.2) is 4.57 Å². The second-order valence-corrected chi connectivity index (χ2v) is 9.36. The van der Waals surface area contributed by atoms with Crippen molar-refractivity contribution < 1.29 is 31.5 Å². The average Bonchev–Trinajstić information content (AvgIpc) is 3.41. The molecule has 3 aromatic carbocycles. The highest BCUT2D eigenvalue weighted by molar-refractivity contribution is 7.62. The summed E-state index contributed by atoms with van der Waals surface area (Å²) < 4.78 is 66.8. The van der Waals surface area contributed by atoms with E-state index >= 15 is 0 Å². The molecule has 0 aliphatic heterocycles. The van der Waals surface area contributed by atoms with E-state index in [1.54, 1.807) is 12.1 Å². The third kappa shape index (κ3) is 4.13. The number of hydrogen-bond acceptors (Lipinski definition) is 5. The van der Waals surface area contributed by atoms with Gasteiger partial charge in [0.05, 0.1) is 11.2 Å². The Morgan fingerprint density at radius 1 is 0.941 bits per heavy atom. The maximum atomic E-state index is 13.5. The number of alkyl halides is 3. The Morgan fingerprint density at radius 3 is 2.47 bits per heavy atom. The van der Waals surface area contributed by atoms with E-state index in [0.29, 0.717) is 16.6 Å². The predicted molar refractivity (Wildman–Crippen MR) is 121 cm³/mol. The van der Waals surface area contributed by atoms with Gasteiger partial charge in [0.15, 0.2) is 0 Å². The minimum atomic E-state index is -4.97. The molecule has 1 atom stereocenters. The lowest BCUT2D eigenvalue weighted by molar-refractivity contribution is -0.274. The fraction of sp³-hybridized carbons (Fsp3) is 0.0870. The summed E-state index contributed by atoms with van der Waals surface area (Å²) in [6.07, 6.45) is -4.97. The van der Waals surface area contributed by atoms with Crippen LogP contribution in [-0.4, -0.2) is 28.7 Å². The van der Waals surface area contributed by atoms with Gasteiger partial charge in [-0.05, 0) is 42.5 Å². The number of aromatic nitrogens is 3. The van der Waals surface area contributed by atoms with Crippen LogP contribution in [0.4, 0.5) is 13.2 Å². The first-order valence-corrected chi connectivity index (χ1v) is 11.6. The summed E-state index contributed by atoms with van der Waals surface area (Å²) in [7, 11) is -3.14. The zero-order valence-corrected chi connectivity index (χ0v) is 18.5. The third-order valence-corrected chi connectivity index (χ3v) is 7.06. The maximum Gasteiger partial charge on any atom is 0.573 e. The Bertz CT molecular complexity index is 1510. The normalized spacial score (nSPS) is 13.8. The van der Waals surface area contributed by atoms with E-state index in [-0.39, 0.29) is 11.1 Å². The van der Waals surface area contributed by atoms with Crippen molar-refractivity contribution in [3.63, 3.8) is 0 Å². The first-order valence-electron chi connectivity index (χ1n) is 10.0. The van der Waals surface area contributed by atoms with E-state index < -0.39 is 19.7 Å². The van der Waals surface area contributed by atoms with Crippen LogP contribution in [0.25, 0.3) is 33.2 Å². The topological polar surface area (TPSA) is 89.2 Å². The summed E-state index contributed by atoms with van der Waals surface area (Å²) in [5.74, 6) is -0.540.